The third-order valence-electron chi connectivity index (χ3n) is 2.99. The van der Waals surface area contributed by atoms with Gasteiger partial charge in [0.05, 0.1) is 17.6 Å². The Morgan fingerprint density at radius 2 is 1.90 bits per heavy atom. The van der Waals surface area contributed by atoms with Crippen LogP contribution < -0.4 is 4.74 Å². The first kappa shape index (κ1) is 13.8. The van der Waals surface area contributed by atoms with Gasteiger partial charge in [-0.25, -0.2) is 0 Å². The molecule has 0 spiro atoms. The smallest absolute Gasteiger partial charge is 0.277 e. The standard InChI is InChI=1S/C16H15NO3/c1-12-10-13(8-9-16(12)20-2)11-15(17(18)19)14-6-4-3-5-7-14/h3-11H,1-2H3. The van der Waals surface area contributed by atoms with Gasteiger partial charge in [-0.3, -0.25) is 10.1 Å². The Morgan fingerprint density at radius 1 is 1.20 bits per heavy atom. The maximum absolute atomic E-state index is 11.2. The molecule has 0 fully saturated rings. The van der Waals surface area contributed by atoms with Crippen LogP contribution in [0.15, 0.2) is 48.5 Å². The van der Waals surface area contributed by atoms with E-state index in [2.05, 4.69) is 0 Å². The van der Waals surface area contributed by atoms with Gasteiger partial charge in [-0.15, -0.1) is 0 Å². The summed E-state index contributed by atoms with van der Waals surface area (Å²) in [5, 5.41) is 11.2. The highest BCUT2D eigenvalue weighted by molar-refractivity contribution is 5.76. The second-order valence-corrected chi connectivity index (χ2v) is 4.38. The topological polar surface area (TPSA) is 52.4 Å². The first-order valence-electron chi connectivity index (χ1n) is 6.18. The zero-order valence-corrected chi connectivity index (χ0v) is 11.4. The molecule has 0 aromatic heterocycles. The molecule has 0 amide bonds. The van der Waals surface area contributed by atoms with Gasteiger partial charge in [0, 0.05) is 6.08 Å². The normalized spacial score (nSPS) is 11.2. The van der Waals surface area contributed by atoms with Crippen LogP contribution in [0.1, 0.15) is 16.7 Å². The molecular formula is C16H15NO3. The van der Waals surface area contributed by atoms with Crippen LogP contribution in [-0.2, 0) is 0 Å². The van der Waals surface area contributed by atoms with Gasteiger partial charge in [-0.2, -0.15) is 0 Å². The summed E-state index contributed by atoms with van der Waals surface area (Å²) < 4.78 is 5.18. The lowest BCUT2D eigenvalue weighted by Gasteiger charge is -2.05. The van der Waals surface area contributed by atoms with Gasteiger partial charge in [0.1, 0.15) is 5.75 Å². The Balaban J connectivity index is 2.45. The van der Waals surface area contributed by atoms with Crippen molar-refractivity contribution in [3.63, 3.8) is 0 Å². The third-order valence-corrected chi connectivity index (χ3v) is 2.99. The minimum absolute atomic E-state index is 0.0789. The number of nitrogens with zero attached hydrogens (tertiary/aromatic N) is 1. The first-order valence-corrected chi connectivity index (χ1v) is 6.18. The van der Waals surface area contributed by atoms with Crippen LogP contribution in [-0.4, -0.2) is 12.0 Å². The number of methoxy groups -OCH3 is 1. The van der Waals surface area contributed by atoms with E-state index in [-0.39, 0.29) is 10.6 Å². The Kier molecular flexibility index (Phi) is 4.15. The highest BCUT2D eigenvalue weighted by atomic mass is 16.6. The fraction of sp³-hybridized carbons (Fsp3) is 0.125. The summed E-state index contributed by atoms with van der Waals surface area (Å²) in [5.74, 6) is 0.768. The molecule has 0 bridgehead atoms. The second-order valence-electron chi connectivity index (χ2n) is 4.38. The summed E-state index contributed by atoms with van der Waals surface area (Å²) in [7, 11) is 1.60. The fourth-order valence-electron chi connectivity index (χ4n) is 2.00. The largest absolute Gasteiger partial charge is 0.496 e. The van der Waals surface area contributed by atoms with E-state index in [1.165, 1.54) is 0 Å². The van der Waals surface area contributed by atoms with Crippen LogP contribution in [0.25, 0.3) is 11.8 Å². The second kappa shape index (κ2) is 6.02. The summed E-state index contributed by atoms with van der Waals surface area (Å²) in [6.45, 7) is 1.91. The molecule has 0 saturated heterocycles. The van der Waals surface area contributed by atoms with Gasteiger partial charge < -0.3 is 4.74 Å². The summed E-state index contributed by atoms with van der Waals surface area (Å²) in [6, 6.07) is 14.3. The van der Waals surface area contributed by atoms with E-state index in [0.29, 0.717) is 5.56 Å². The zero-order valence-electron chi connectivity index (χ0n) is 11.4. The lowest BCUT2D eigenvalue weighted by atomic mass is 10.1. The molecule has 20 heavy (non-hydrogen) atoms. The molecule has 0 saturated carbocycles. The van der Waals surface area contributed by atoms with Crippen LogP contribution in [0.4, 0.5) is 0 Å². The molecule has 0 N–H and O–H groups in total. The van der Waals surface area contributed by atoms with Crippen molar-refractivity contribution in [2.45, 2.75) is 6.92 Å². The van der Waals surface area contributed by atoms with Crippen molar-refractivity contribution in [3.05, 3.63) is 75.3 Å². The van der Waals surface area contributed by atoms with Gasteiger partial charge in [-0.05, 0) is 42.3 Å². The van der Waals surface area contributed by atoms with Gasteiger partial charge in [0.25, 0.3) is 5.70 Å². The summed E-state index contributed by atoms with van der Waals surface area (Å²) in [5.41, 5.74) is 2.39. The molecule has 0 heterocycles. The van der Waals surface area contributed by atoms with Crippen LogP contribution >= 0.6 is 0 Å². The van der Waals surface area contributed by atoms with E-state index in [1.54, 1.807) is 43.5 Å². The lowest BCUT2D eigenvalue weighted by molar-refractivity contribution is -0.374. The molecule has 102 valence electrons. The van der Waals surface area contributed by atoms with Gasteiger partial charge >= 0.3 is 0 Å². The van der Waals surface area contributed by atoms with Crippen LogP contribution in [0, 0.1) is 17.0 Å². The van der Waals surface area contributed by atoms with Crippen molar-refractivity contribution >= 4 is 11.8 Å². The maximum atomic E-state index is 11.2. The average Bonchev–Trinajstić information content (AvgIpc) is 2.45. The molecule has 0 radical (unpaired) electrons. The minimum Gasteiger partial charge on any atom is -0.496 e. The Morgan fingerprint density at radius 3 is 2.45 bits per heavy atom. The SMILES string of the molecule is COc1ccc(C=C(c2ccccc2)[N+](=O)[O-])cc1C. The highest BCUT2D eigenvalue weighted by Crippen LogP contribution is 2.23. The predicted octanol–water partition coefficient (Wildman–Crippen LogP) is 3.78. The fourth-order valence-corrected chi connectivity index (χ4v) is 2.00. The lowest BCUT2D eigenvalue weighted by Crippen LogP contribution is -1.97. The molecule has 2 aromatic rings. The number of rotatable bonds is 4. The molecule has 0 aliphatic rings. The first-order chi connectivity index (χ1) is 9.61. The number of benzene rings is 2. The molecule has 0 aliphatic heterocycles. The molecule has 2 rings (SSSR count). The van der Waals surface area contributed by atoms with E-state index in [1.807, 2.05) is 25.1 Å². The van der Waals surface area contributed by atoms with Crippen molar-refractivity contribution in [2.24, 2.45) is 0 Å². The van der Waals surface area contributed by atoms with Gasteiger partial charge in [-0.1, -0.05) is 24.3 Å². The van der Waals surface area contributed by atoms with Gasteiger partial charge in [0.15, 0.2) is 0 Å². The molecule has 0 atom stereocenters. The van der Waals surface area contributed by atoms with Crippen LogP contribution in [0.3, 0.4) is 0 Å². The van der Waals surface area contributed by atoms with Gasteiger partial charge in [0.2, 0.25) is 0 Å². The predicted molar refractivity (Wildman–Crippen MR) is 79.0 cm³/mol. The Bertz CT molecular complexity index is 648. The average molecular weight is 269 g/mol. The monoisotopic (exact) mass is 269 g/mol. The highest BCUT2D eigenvalue weighted by Gasteiger charge is 2.13. The van der Waals surface area contributed by atoms with E-state index in [9.17, 15) is 10.1 Å². The van der Waals surface area contributed by atoms with Crippen molar-refractivity contribution in [2.75, 3.05) is 7.11 Å². The van der Waals surface area contributed by atoms with Crippen LogP contribution in [0.2, 0.25) is 0 Å². The van der Waals surface area contributed by atoms with Crippen molar-refractivity contribution < 1.29 is 9.66 Å². The molecule has 0 aliphatic carbocycles. The number of nitro groups is 1. The number of aryl methyl sites for hydroxylation is 1. The van der Waals surface area contributed by atoms with E-state index < -0.39 is 0 Å². The van der Waals surface area contributed by atoms with E-state index >= 15 is 0 Å². The third kappa shape index (κ3) is 3.03. The van der Waals surface area contributed by atoms with E-state index in [0.717, 1.165) is 16.9 Å². The number of ether oxygens (including phenoxy) is 1. The zero-order chi connectivity index (χ0) is 14.5. The van der Waals surface area contributed by atoms with Crippen molar-refractivity contribution in [1.82, 2.24) is 0 Å². The molecule has 4 heteroatoms. The summed E-state index contributed by atoms with van der Waals surface area (Å²) >= 11 is 0. The quantitative estimate of drug-likeness (QED) is 0.482. The number of hydrogen-bond donors (Lipinski definition) is 0. The molecule has 2 aromatic carbocycles. The summed E-state index contributed by atoms with van der Waals surface area (Å²) in [4.78, 5) is 10.9. The maximum Gasteiger partial charge on any atom is 0.277 e. The molecule has 4 nitrogen and oxygen atoms in total. The molecular weight excluding hydrogens is 254 g/mol. The Hall–Kier alpha value is -2.62. The Labute approximate surface area is 117 Å². The van der Waals surface area contributed by atoms with Crippen LogP contribution in [0.5, 0.6) is 5.75 Å². The van der Waals surface area contributed by atoms with Crippen molar-refractivity contribution in [3.8, 4) is 5.75 Å². The molecule has 0 unspecified atom stereocenters. The van der Waals surface area contributed by atoms with Crippen molar-refractivity contribution in [1.29, 1.82) is 0 Å². The number of hydrogen-bond acceptors (Lipinski definition) is 3. The minimum atomic E-state index is -0.366. The van der Waals surface area contributed by atoms with E-state index in [4.69, 9.17) is 4.74 Å². The summed E-state index contributed by atoms with van der Waals surface area (Å²) in [6.07, 6.45) is 1.57.